The van der Waals surface area contributed by atoms with Gasteiger partial charge in [0.05, 0.1) is 33.8 Å². The quantitative estimate of drug-likeness (QED) is 0.0205. The summed E-state index contributed by atoms with van der Waals surface area (Å²) in [5.41, 5.74) is 0. The Balaban J connectivity index is 5.32. The predicted octanol–water partition coefficient (Wildman–Crippen LogP) is 20.7. The van der Waals surface area contributed by atoms with Gasteiger partial charge in [-0.25, -0.2) is 4.57 Å². The fourth-order valence-electron chi connectivity index (χ4n) is 8.83. The molecular formula is C71H124N2O7P+. The molecule has 1 amide bonds. The third-order valence-corrected chi connectivity index (χ3v) is 14.9. The highest BCUT2D eigenvalue weighted by Gasteiger charge is 2.30. The summed E-state index contributed by atoms with van der Waals surface area (Å²) in [5, 5.41) is 3.05. The Labute approximate surface area is 499 Å². The van der Waals surface area contributed by atoms with Crippen LogP contribution in [0.2, 0.25) is 0 Å². The Morgan fingerprint density at radius 2 is 0.790 bits per heavy atom. The van der Waals surface area contributed by atoms with Crippen molar-refractivity contribution in [2.24, 2.45) is 0 Å². The van der Waals surface area contributed by atoms with E-state index in [1.165, 1.54) is 83.5 Å². The lowest BCUT2D eigenvalue weighted by Crippen LogP contribution is -2.47. The Bertz CT molecular complexity index is 1800. The van der Waals surface area contributed by atoms with E-state index < -0.39 is 20.0 Å². The van der Waals surface area contributed by atoms with Crippen LogP contribution in [-0.4, -0.2) is 74.3 Å². The molecule has 0 heterocycles. The molecule has 0 aromatic rings. The summed E-state index contributed by atoms with van der Waals surface area (Å²) in [6.45, 7) is 6.84. The normalized spacial score (nSPS) is 14.4. The lowest BCUT2D eigenvalue weighted by molar-refractivity contribution is -0.870. The van der Waals surface area contributed by atoms with E-state index in [-0.39, 0.29) is 31.5 Å². The van der Waals surface area contributed by atoms with Crippen LogP contribution in [0.3, 0.4) is 0 Å². The van der Waals surface area contributed by atoms with Gasteiger partial charge < -0.3 is 19.4 Å². The topological polar surface area (TPSA) is 111 Å². The Hall–Kier alpha value is -3.59. The summed E-state index contributed by atoms with van der Waals surface area (Å²) in [6.07, 6.45) is 83.3. The first-order valence-electron chi connectivity index (χ1n) is 32.9. The number of carbonyl (C=O) groups is 2. The van der Waals surface area contributed by atoms with Gasteiger partial charge in [0.1, 0.15) is 19.3 Å². The van der Waals surface area contributed by atoms with E-state index >= 15 is 0 Å². The number of unbranched alkanes of at least 4 members (excludes halogenated alkanes) is 24. The van der Waals surface area contributed by atoms with Gasteiger partial charge in [0.25, 0.3) is 0 Å². The lowest BCUT2D eigenvalue weighted by atomic mass is 10.0. The minimum Gasteiger partial charge on any atom is -0.456 e. The summed E-state index contributed by atoms with van der Waals surface area (Å²) in [7, 11) is 1.45. The molecule has 3 atom stereocenters. The molecule has 81 heavy (non-hydrogen) atoms. The molecule has 0 saturated heterocycles. The highest BCUT2D eigenvalue weighted by atomic mass is 31.2. The molecule has 0 aliphatic carbocycles. The van der Waals surface area contributed by atoms with Crippen molar-refractivity contribution in [1.82, 2.24) is 5.32 Å². The van der Waals surface area contributed by atoms with Gasteiger partial charge in [-0.1, -0.05) is 252 Å². The van der Waals surface area contributed by atoms with Crippen LogP contribution in [0.1, 0.15) is 265 Å². The van der Waals surface area contributed by atoms with Crippen LogP contribution in [0.4, 0.5) is 0 Å². The van der Waals surface area contributed by atoms with E-state index in [0.717, 1.165) is 141 Å². The van der Waals surface area contributed by atoms with Gasteiger partial charge in [-0.2, -0.15) is 0 Å². The van der Waals surface area contributed by atoms with E-state index in [4.69, 9.17) is 13.8 Å². The summed E-state index contributed by atoms with van der Waals surface area (Å²) >= 11 is 0. The molecule has 0 aliphatic heterocycles. The highest BCUT2D eigenvalue weighted by Crippen LogP contribution is 2.43. The molecule has 0 spiro atoms. The van der Waals surface area contributed by atoms with Crippen LogP contribution in [0.15, 0.2) is 122 Å². The zero-order valence-electron chi connectivity index (χ0n) is 53.0. The molecule has 3 unspecified atom stereocenters. The Morgan fingerprint density at radius 1 is 0.444 bits per heavy atom. The number of esters is 1. The monoisotopic (exact) mass is 1150 g/mol. The van der Waals surface area contributed by atoms with E-state index in [1.54, 1.807) is 0 Å². The first-order valence-corrected chi connectivity index (χ1v) is 34.4. The Kier molecular flexibility index (Phi) is 56.9. The fourth-order valence-corrected chi connectivity index (χ4v) is 9.57. The van der Waals surface area contributed by atoms with Crippen LogP contribution in [0.5, 0.6) is 0 Å². The number of hydrogen-bond donors (Lipinski definition) is 2. The van der Waals surface area contributed by atoms with Gasteiger partial charge in [-0.3, -0.25) is 18.6 Å². The lowest BCUT2D eigenvalue weighted by Gasteiger charge is -2.27. The molecule has 0 fully saturated rings. The minimum atomic E-state index is -4.47. The number of hydrogen-bond acceptors (Lipinski definition) is 6. The molecule has 0 aliphatic rings. The average molecular weight is 1150 g/mol. The number of allylic oxidation sites excluding steroid dienone is 19. The maximum absolute atomic E-state index is 13.6. The van der Waals surface area contributed by atoms with Crippen molar-refractivity contribution in [1.29, 1.82) is 0 Å². The third kappa shape index (κ3) is 60.8. The zero-order chi connectivity index (χ0) is 59.3. The number of quaternary nitrogens is 1. The number of phosphoric ester groups is 1. The molecule has 0 aromatic carbocycles. The van der Waals surface area contributed by atoms with Gasteiger partial charge in [-0.05, 0) is 122 Å². The zero-order valence-corrected chi connectivity index (χ0v) is 53.9. The van der Waals surface area contributed by atoms with E-state index in [1.807, 2.05) is 33.3 Å². The van der Waals surface area contributed by atoms with Crippen molar-refractivity contribution in [2.45, 2.75) is 277 Å². The number of nitrogens with zero attached hydrogens (tertiary/aromatic N) is 1. The first kappa shape index (κ1) is 77.4. The van der Waals surface area contributed by atoms with Crippen molar-refractivity contribution in [2.75, 3.05) is 40.9 Å². The second-order valence-electron chi connectivity index (χ2n) is 22.9. The largest absolute Gasteiger partial charge is 0.472 e. The molecule has 10 heteroatoms. The van der Waals surface area contributed by atoms with Gasteiger partial charge in [-0.15, -0.1) is 0 Å². The summed E-state index contributed by atoms with van der Waals surface area (Å²) in [5.74, 6) is -0.553. The van der Waals surface area contributed by atoms with Crippen molar-refractivity contribution >= 4 is 19.7 Å². The molecule has 0 aromatic heterocycles. The Morgan fingerprint density at radius 3 is 1.21 bits per heavy atom. The molecule has 2 N–H and O–H groups in total. The standard InChI is InChI=1S/C71H123N2O7P/c1-7-10-13-16-19-22-25-28-30-32-34-36-38-40-42-45-48-51-54-57-60-63-70(74)72-68(67-79-81(76,77)78-66-65-73(4,5)6)69(62-59-56-53-50-47-44-27-24-21-18-15-12-9-3)80-71(75)64-61-58-55-52-49-46-43-41-39-37-35-33-31-29-26-23-20-17-14-11-8-2/h11,14,19-20,22-23,28-31,34-37,40-43,59,62,68-69H,7-10,12-13,15-18,21,24-27,32-33,38-39,44-58,60-61,63-67H2,1-6H3,(H-,72,74,76,77)/p+1/b14-11-,22-19-,23-20-,30-28-,31-29-,36-34-,37-35-,42-40-,43-41-,62-59+. The van der Waals surface area contributed by atoms with Gasteiger partial charge in [0.15, 0.2) is 0 Å². The smallest absolute Gasteiger partial charge is 0.456 e. The van der Waals surface area contributed by atoms with Crippen molar-refractivity contribution in [3.8, 4) is 0 Å². The van der Waals surface area contributed by atoms with Crippen molar-refractivity contribution in [3.05, 3.63) is 122 Å². The van der Waals surface area contributed by atoms with Gasteiger partial charge in [0, 0.05) is 12.8 Å². The molecule has 0 bridgehead atoms. The number of carbonyl (C=O) groups excluding carboxylic acids is 2. The fraction of sp³-hybridized carbons (Fsp3) is 0.690. The van der Waals surface area contributed by atoms with Crippen LogP contribution in [0.25, 0.3) is 0 Å². The summed E-state index contributed by atoms with van der Waals surface area (Å²) < 4.78 is 30.7. The number of nitrogens with one attached hydrogen (secondary N) is 1. The minimum absolute atomic E-state index is 0.0263. The maximum atomic E-state index is 13.6. The van der Waals surface area contributed by atoms with Gasteiger partial charge in [0.2, 0.25) is 5.91 Å². The molecular weight excluding hydrogens is 1020 g/mol. The van der Waals surface area contributed by atoms with Crippen LogP contribution in [0, 0.1) is 0 Å². The molecule has 464 valence electrons. The number of phosphoric acid groups is 1. The average Bonchev–Trinajstić information content (AvgIpc) is 3.44. The number of likely N-dealkylation sites (N-methyl/N-ethyl adjacent to an activating group) is 1. The summed E-state index contributed by atoms with van der Waals surface area (Å²) in [4.78, 5) is 37.8. The number of ether oxygens (including phenoxy) is 1. The molecule has 0 radical (unpaired) electrons. The van der Waals surface area contributed by atoms with Crippen LogP contribution >= 0.6 is 7.82 Å². The predicted molar refractivity (Wildman–Crippen MR) is 350 cm³/mol. The van der Waals surface area contributed by atoms with E-state index in [2.05, 4.69) is 135 Å². The SMILES string of the molecule is CC/C=C\C/C=C\C/C=C\C/C=C\C/C=C\CCCCCCCC(=O)OC(/C=C/CCCCCCCCCCCCC)C(COP(=O)(O)OCC[N+](C)(C)C)NC(=O)CCCCCCC/C=C\C/C=C\C/C=C\C/C=C\CCCCC. The number of rotatable bonds is 58. The second kappa shape index (κ2) is 59.6. The maximum Gasteiger partial charge on any atom is 0.472 e. The number of amides is 1. The van der Waals surface area contributed by atoms with Gasteiger partial charge >= 0.3 is 13.8 Å². The van der Waals surface area contributed by atoms with E-state index in [0.29, 0.717) is 23.9 Å². The van der Waals surface area contributed by atoms with Crippen molar-refractivity contribution < 1.29 is 37.3 Å². The summed E-state index contributed by atoms with van der Waals surface area (Å²) in [6, 6.07) is -0.876. The third-order valence-electron chi connectivity index (χ3n) is 13.9. The molecule has 0 rings (SSSR count). The molecule has 0 saturated carbocycles. The highest BCUT2D eigenvalue weighted by molar-refractivity contribution is 7.47. The first-order chi connectivity index (χ1) is 39.4. The molecule has 9 nitrogen and oxygen atoms in total. The second-order valence-corrected chi connectivity index (χ2v) is 24.4. The van der Waals surface area contributed by atoms with Crippen molar-refractivity contribution in [3.63, 3.8) is 0 Å². The van der Waals surface area contributed by atoms with E-state index in [9.17, 15) is 19.0 Å². The van der Waals surface area contributed by atoms with Crippen LogP contribution < -0.4 is 5.32 Å². The van der Waals surface area contributed by atoms with Crippen LogP contribution in [-0.2, 0) is 27.9 Å².